The summed E-state index contributed by atoms with van der Waals surface area (Å²) in [5, 5.41) is 8.85. The van der Waals surface area contributed by atoms with E-state index in [0.29, 0.717) is 4.47 Å². The lowest BCUT2D eigenvalue weighted by molar-refractivity contribution is 0.0514. The molecule has 0 radical (unpaired) electrons. The van der Waals surface area contributed by atoms with Gasteiger partial charge in [0.15, 0.2) is 0 Å². The largest absolute Gasteiger partial charge is 0.478 e. The first-order valence-corrected chi connectivity index (χ1v) is 5.05. The lowest BCUT2D eigenvalue weighted by Gasteiger charge is -2.05. The zero-order chi connectivity index (χ0) is 11.4. The Labute approximate surface area is 95.0 Å². The molecule has 0 spiro atoms. The summed E-state index contributed by atoms with van der Waals surface area (Å²) in [5.74, 6) is -1.78. The average molecular weight is 273 g/mol. The van der Waals surface area contributed by atoms with Crippen molar-refractivity contribution < 1.29 is 19.4 Å². The number of benzene rings is 1. The predicted octanol–water partition coefficient (Wildman–Crippen LogP) is 2.32. The van der Waals surface area contributed by atoms with Gasteiger partial charge in [0.05, 0.1) is 17.7 Å². The van der Waals surface area contributed by atoms with E-state index in [1.54, 1.807) is 13.0 Å². The number of hydrogen-bond donors (Lipinski definition) is 1. The number of carboxylic acid groups (broad SMARTS) is 1. The molecule has 4 nitrogen and oxygen atoms in total. The number of aromatic carboxylic acids is 1. The highest BCUT2D eigenvalue weighted by Crippen LogP contribution is 2.17. The first-order valence-electron chi connectivity index (χ1n) is 4.26. The van der Waals surface area contributed by atoms with Crippen molar-refractivity contribution in [3.8, 4) is 0 Å². The van der Waals surface area contributed by atoms with Crippen LogP contribution in [-0.2, 0) is 4.74 Å². The van der Waals surface area contributed by atoms with Crippen LogP contribution >= 0.6 is 15.9 Å². The first kappa shape index (κ1) is 11.7. The molecule has 0 atom stereocenters. The molecule has 0 heterocycles. The second-order valence-corrected chi connectivity index (χ2v) is 3.63. The van der Waals surface area contributed by atoms with Gasteiger partial charge in [-0.05, 0) is 25.1 Å². The third kappa shape index (κ3) is 2.79. The molecule has 0 aliphatic rings. The SMILES string of the molecule is CCOC(=O)c1cc(Br)ccc1C(=O)O. The quantitative estimate of drug-likeness (QED) is 0.858. The number of carbonyl (C=O) groups excluding carboxylic acids is 1. The molecule has 0 bridgehead atoms. The maximum Gasteiger partial charge on any atom is 0.339 e. The van der Waals surface area contributed by atoms with Crippen LogP contribution in [0.4, 0.5) is 0 Å². The van der Waals surface area contributed by atoms with Crippen molar-refractivity contribution in [1.29, 1.82) is 0 Å². The van der Waals surface area contributed by atoms with Gasteiger partial charge in [0.2, 0.25) is 0 Å². The molecule has 0 saturated carbocycles. The number of ether oxygens (including phenoxy) is 1. The van der Waals surface area contributed by atoms with E-state index in [2.05, 4.69) is 15.9 Å². The van der Waals surface area contributed by atoms with Crippen LogP contribution in [0.1, 0.15) is 27.6 Å². The van der Waals surface area contributed by atoms with E-state index < -0.39 is 11.9 Å². The second kappa shape index (κ2) is 4.93. The molecule has 15 heavy (non-hydrogen) atoms. The molecule has 0 unspecified atom stereocenters. The Balaban J connectivity index is 3.18. The van der Waals surface area contributed by atoms with Crippen LogP contribution in [0.3, 0.4) is 0 Å². The van der Waals surface area contributed by atoms with E-state index in [9.17, 15) is 9.59 Å². The fraction of sp³-hybridized carbons (Fsp3) is 0.200. The molecule has 1 N–H and O–H groups in total. The van der Waals surface area contributed by atoms with E-state index in [1.807, 2.05) is 0 Å². The minimum Gasteiger partial charge on any atom is -0.478 e. The van der Waals surface area contributed by atoms with E-state index in [-0.39, 0.29) is 17.7 Å². The summed E-state index contributed by atoms with van der Waals surface area (Å²) in [7, 11) is 0. The standard InChI is InChI=1S/C10H9BrO4/c1-2-15-10(14)8-5-6(11)3-4-7(8)9(12)13/h3-5H,2H2,1H3,(H,12,13). The Bertz CT molecular complexity index is 400. The van der Waals surface area contributed by atoms with Crippen molar-refractivity contribution in [3.05, 3.63) is 33.8 Å². The third-order valence-corrected chi connectivity index (χ3v) is 2.20. The number of carbonyl (C=O) groups is 2. The molecule has 0 saturated heterocycles. The van der Waals surface area contributed by atoms with Gasteiger partial charge in [-0.25, -0.2) is 9.59 Å². The fourth-order valence-corrected chi connectivity index (χ4v) is 1.44. The van der Waals surface area contributed by atoms with E-state index in [1.165, 1.54) is 12.1 Å². The highest BCUT2D eigenvalue weighted by Gasteiger charge is 2.17. The number of carboxylic acids is 1. The van der Waals surface area contributed by atoms with Gasteiger partial charge in [-0.3, -0.25) is 0 Å². The Morgan fingerprint density at radius 2 is 2.07 bits per heavy atom. The number of esters is 1. The van der Waals surface area contributed by atoms with Crippen LogP contribution in [0.5, 0.6) is 0 Å². The minimum absolute atomic E-state index is 0.0544. The molecule has 0 aliphatic carbocycles. The van der Waals surface area contributed by atoms with Crippen LogP contribution in [0.25, 0.3) is 0 Å². The highest BCUT2D eigenvalue weighted by atomic mass is 79.9. The summed E-state index contributed by atoms with van der Waals surface area (Å²) in [5.41, 5.74) is -0.00428. The third-order valence-electron chi connectivity index (χ3n) is 1.71. The lowest BCUT2D eigenvalue weighted by Crippen LogP contribution is -2.11. The van der Waals surface area contributed by atoms with Crippen molar-refractivity contribution in [2.24, 2.45) is 0 Å². The Morgan fingerprint density at radius 3 is 2.60 bits per heavy atom. The average Bonchev–Trinajstić information content (AvgIpc) is 2.17. The van der Waals surface area contributed by atoms with E-state index >= 15 is 0 Å². The van der Waals surface area contributed by atoms with Crippen LogP contribution < -0.4 is 0 Å². The van der Waals surface area contributed by atoms with Crippen LogP contribution in [0.2, 0.25) is 0 Å². The van der Waals surface area contributed by atoms with Crippen molar-refractivity contribution in [2.75, 3.05) is 6.61 Å². The molecule has 5 heteroatoms. The summed E-state index contributed by atoms with van der Waals surface area (Å²) >= 11 is 3.16. The maximum absolute atomic E-state index is 11.4. The van der Waals surface area contributed by atoms with Crippen molar-refractivity contribution in [3.63, 3.8) is 0 Å². The van der Waals surface area contributed by atoms with Crippen molar-refractivity contribution in [2.45, 2.75) is 6.92 Å². The normalized spacial score (nSPS) is 9.73. The molecule has 0 aromatic heterocycles. The summed E-state index contributed by atoms with van der Waals surface area (Å²) in [6.45, 7) is 1.88. The van der Waals surface area contributed by atoms with Crippen LogP contribution in [-0.4, -0.2) is 23.7 Å². The Hall–Kier alpha value is -1.36. The topological polar surface area (TPSA) is 63.6 Å². The Kier molecular flexibility index (Phi) is 3.85. The number of halogens is 1. The van der Waals surface area contributed by atoms with Gasteiger partial charge < -0.3 is 9.84 Å². The van der Waals surface area contributed by atoms with E-state index in [0.717, 1.165) is 0 Å². The molecule has 1 rings (SSSR count). The summed E-state index contributed by atoms with van der Waals surface area (Å²) in [4.78, 5) is 22.2. The zero-order valence-electron chi connectivity index (χ0n) is 7.99. The number of hydrogen-bond acceptors (Lipinski definition) is 3. The van der Waals surface area contributed by atoms with Crippen LogP contribution in [0, 0.1) is 0 Å². The van der Waals surface area contributed by atoms with Crippen LogP contribution in [0.15, 0.2) is 22.7 Å². The van der Waals surface area contributed by atoms with Gasteiger partial charge in [0, 0.05) is 4.47 Å². The fourth-order valence-electron chi connectivity index (χ4n) is 1.08. The molecule has 80 valence electrons. The summed E-state index contributed by atoms with van der Waals surface area (Å²) in [6, 6.07) is 4.35. The van der Waals surface area contributed by atoms with Crippen molar-refractivity contribution in [1.82, 2.24) is 0 Å². The van der Waals surface area contributed by atoms with E-state index in [4.69, 9.17) is 9.84 Å². The van der Waals surface area contributed by atoms with Crippen molar-refractivity contribution >= 4 is 27.9 Å². The molecule has 0 fully saturated rings. The molecular formula is C10H9BrO4. The molecular weight excluding hydrogens is 264 g/mol. The molecule has 0 amide bonds. The summed E-state index contributed by atoms with van der Waals surface area (Å²) in [6.07, 6.45) is 0. The molecule has 1 aromatic rings. The van der Waals surface area contributed by atoms with Gasteiger partial charge in [-0.15, -0.1) is 0 Å². The predicted molar refractivity (Wildman–Crippen MR) is 57.1 cm³/mol. The highest BCUT2D eigenvalue weighted by molar-refractivity contribution is 9.10. The smallest absolute Gasteiger partial charge is 0.339 e. The second-order valence-electron chi connectivity index (χ2n) is 2.72. The molecule has 0 aliphatic heterocycles. The first-order chi connectivity index (χ1) is 7.06. The number of rotatable bonds is 3. The monoisotopic (exact) mass is 272 g/mol. The summed E-state index contributed by atoms with van der Waals surface area (Å²) < 4.78 is 5.39. The van der Waals surface area contributed by atoms with Gasteiger partial charge in [0.1, 0.15) is 0 Å². The Morgan fingerprint density at radius 1 is 1.40 bits per heavy atom. The van der Waals surface area contributed by atoms with Gasteiger partial charge >= 0.3 is 11.9 Å². The molecule has 1 aromatic carbocycles. The lowest BCUT2D eigenvalue weighted by atomic mass is 10.1. The van der Waals surface area contributed by atoms with Gasteiger partial charge in [-0.2, -0.15) is 0 Å². The maximum atomic E-state index is 11.4. The van der Waals surface area contributed by atoms with Gasteiger partial charge in [0.25, 0.3) is 0 Å². The minimum atomic E-state index is -1.15. The van der Waals surface area contributed by atoms with Gasteiger partial charge in [-0.1, -0.05) is 15.9 Å². The zero-order valence-corrected chi connectivity index (χ0v) is 9.58.